The van der Waals surface area contributed by atoms with Crippen LogP contribution in [0.2, 0.25) is 0 Å². The fourth-order valence-corrected chi connectivity index (χ4v) is 2.19. The van der Waals surface area contributed by atoms with Crippen LogP contribution < -0.4 is 0 Å². The van der Waals surface area contributed by atoms with Crippen molar-refractivity contribution in [1.29, 1.82) is 0 Å². The Morgan fingerprint density at radius 2 is 1.53 bits per heavy atom. The van der Waals surface area contributed by atoms with Crippen molar-refractivity contribution in [2.24, 2.45) is 11.8 Å². The second-order valence-electron chi connectivity index (χ2n) is 5.95. The first-order chi connectivity index (χ1) is 8.08. The van der Waals surface area contributed by atoms with Gasteiger partial charge in [-0.2, -0.15) is 0 Å². The zero-order chi connectivity index (χ0) is 12.7. The number of hydrogen-bond donors (Lipinski definition) is 0. The van der Waals surface area contributed by atoms with Crippen molar-refractivity contribution in [2.75, 3.05) is 0 Å². The minimum absolute atomic E-state index is 0.860. The molecule has 1 aromatic rings. The Morgan fingerprint density at radius 1 is 0.882 bits per heavy atom. The number of rotatable bonds is 7. The molecule has 1 rings (SSSR count). The van der Waals surface area contributed by atoms with Crippen LogP contribution in [-0.4, -0.2) is 0 Å². The molecule has 1 atom stereocenters. The topological polar surface area (TPSA) is 0 Å². The molecule has 0 bridgehead atoms. The molecular formula is C17H28. The normalized spacial score (nSPS) is 13.0. The highest BCUT2D eigenvalue weighted by Gasteiger charge is 2.03. The van der Waals surface area contributed by atoms with Crippen LogP contribution >= 0.6 is 0 Å². The van der Waals surface area contributed by atoms with Gasteiger partial charge in [-0.25, -0.2) is 0 Å². The van der Waals surface area contributed by atoms with E-state index < -0.39 is 0 Å². The number of benzene rings is 1. The van der Waals surface area contributed by atoms with Crippen molar-refractivity contribution in [2.45, 2.75) is 59.8 Å². The highest BCUT2D eigenvalue weighted by molar-refractivity contribution is 5.21. The van der Waals surface area contributed by atoms with Crippen LogP contribution in [0.5, 0.6) is 0 Å². The van der Waals surface area contributed by atoms with Crippen LogP contribution in [0, 0.1) is 18.8 Å². The third-order valence-electron chi connectivity index (χ3n) is 3.52. The predicted octanol–water partition coefficient (Wildman–Crippen LogP) is 5.39. The third kappa shape index (κ3) is 6.51. The minimum Gasteiger partial charge on any atom is -0.0628 e. The fraction of sp³-hybridized carbons (Fsp3) is 0.647. The summed E-state index contributed by atoms with van der Waals surface area (Å²) < 4.78 is 0. The van der Waals surface area contributed by atoms with Crippen molar-refractivity contribution in [3.63, 3.8) is 0 Å². The molecule has 0 saturated heterocycles. The minimum atomic E-state index is 0.860. The van der Waals surface area contributed by atoms with Crippen molar-refractivity contribution in [1.82, 2.24) is 0 Å². The SMILES string of the molecule is Cc1ccc(CCC(C)CCCC(C)C)cc1. The first-order valence-electron chi connectivity index (χ1n) is 7.13. The van der Waals surface area contributed by atoms with Crippen LogP contribution in [0.4, 0.5) is 0 Å². The van der Waals surface area contributed by atoms with Gasteiger partial charge in [-0.15, -0.1) is 0 Å². The Kier molecular flexibility index (Phi) is 6.32. The summed E-state index contributed by atoms with van der Waals surface area (Å²) in [4.78, 5) is 0. The zero-order valence-corrected chi connectivity index (χ0v) is 12.0. The molecule has 0 heterocycles. The van der Waals surface area contributed by atoms with E-state index in [1.807, 2.05) is 0 Å². The van der Waals surface area contributed by atoms with Gasteiger partial charge in [-0.05, 0) is 37.2 Å². The molecular weight excluding hydrogens is 204 g/mol. The van der Waals surface area contributed by atoms with E-state index in [9.17, 15) is 0 Å². The van der Waals surface area contributed by atoms with Gasteiger partial charge in [0, 0.05) is 0 Å². The Balaban J connectivity index is 2.19. The van der Waals surface area contributed by atoms with Gasteiger partial charge in [-0.3, -0.25) is 0 Å². The molecule has 0 aliphatic rings. The van der Waals surface area contributed by atoms with Crippen LogP contribution in [0.15, 0.2) is 24.3 Å². The maximum atomic E-state index is 2.40. The summed E-state index contributed by atoms with van der Waals surface area (Å²) in [6.07, 6.45) is 6.75. The fourth-order valence-electron chi connectivity index (χ4n) is 2.19. The lowest BCUT2D eigenvalue weighted by Crippen LogP contribution is -1.99. The first kappa shape index (κ1) is 14.3. The lowest BCUT2D eigenvalue weighted by atomic mass is 9.94. The maximum absolute atomic E-state index is 2.40. The molecule has 0 amide bonds. The van der Waals surface area contributed by atoms with Crippen molar-refractivity contribution >= 4 is 0 Å². The van der Waals surface area contributed by atoms with Crippen molar-refractivity contribution < 1.29 is 0 Å². The van der Waals surface area contributed by atoms with E-state index in [0.717, 1.165) is 11.8 Å². The molecule has 1 unspecified atom stereocenters. The monoisotopic (exact) mass is 232 g/mol. The smallest absolute Gasteiger partial charge is 0.0276 e. The molecule has 0 nitrogen and oxygen atoms in total. The van der Waals surface area contributed by atoms with E-state index in [-0.39, 0.29) is 0 Å². The van der Waals surface area contributed by atoms with Crippen LogP contribution in [0.25, 0.3) is 0 Å². The summed E-state index contributed by atoms with van der Waals surface area (Å²) in [6.45, 7) is 9.18. The van der Waals surface area contributed by atoms with Gasteiger partial charge in [0.05, 0.1) is 0 Å². The van der Waals surface area contributed by atoms with Crippen molar-refractivity contribution in [3.8, 4) is 0 Å². The highest BCUT2D eigenvalue weighted by Crippen LogP contribution is 2.17. The highest BCUT2D eigenvalue weighted by atomic mass is 14.1. The van der Waals surface area contributed by atoms with Crippen LogP contribution in [0.3, 0.4) is 0 Å². The Hall–Kier alpha value is -0.780. The largest absolute Gasteiger partial charge is 0.0628 e. The molecule has 0 aliphatic carbocycles. The maximum Gasteiger partial charge on any atom is -0.0276 e. The van der Waals surface area contributed by atoms with E-state index in [0.29, 0.717) is 0 Å². The molecule has 0 heteroatoms. The van der Waals surface area contributed by atoms with Crippen LogP contribution in [0.1, 0.15) is 57.6 Å². The molecule has 0 saturated carbocycles. The summed E-state index contributed by atoms with van der Waals surface area (Å²) in [5.74, 6) is 1.73. The third-order valence-corrected chi connectivity index (χ3v) is 3.52. The van der Waals surface area contributed by atoms with Gasteiger partial charge in [0.15, 0.2) is 0 Å². The second kappa shape index (κ2) is 7.53. The summed E-state index contributed by atoms with van der Waals surface area (Å²) in [6, 6.07) is 8.99. The first-order valence-corrected chi connectivity index (χ1v) is 7.13. The Morgan fingerprint density at radius 3 is 2.12 bits per heavy atom. The van der Waals surface area contributed by atoms with Gasteiger partial charge >= 0.3 is 0 Å². The molecule has 0 N–H and O–H groups in total. The van der Waals surface area contributed by atoms with Gasteiger partial charge < -0.3 is 0 Å². The van der Waals surface area contributed by atoms with Crippen LogP contribution in [-0.2, 0) is 6.42 Å². The van der Waals surface area contributed by atoms with Gasteiger partial charge in [0.1, 0.15) is 0 Å². The standard InChI is InChI=1S/C17H28/c1-14(2)6-5-7-15(3)8-11-17-12-9-16(4)10-13-17/h9-10,12-15H,5-8,11H2,1-4H3. The van der Waals surface area contributed by atoms with Crippen molar-refractivity contribution in [3.05, 3.63) is 35.4 Å². The van der Waals surface area contributed by atoms with E-state index in [1.165, 1.54) is 43.2 Å². The van der Waals surface area contributed by atoms with Gasteiger partial charge in [0.25, 0.3) is 0 Å². The molecule has 0 fully saturated rings. The summed E-state index contributed by atoms with van der Waals surface area (Å²) >= 11 is 0. The van der Waals surface area contributed by atoms with Gasteiger partial charge in [-0.1, -0.05) is 69.9 Å². The second-order valence-corrected chi connectivity index (χ2v) is 5.95. The van der Waals surface area contributed by atoms with E-state index in [2.05, 4.69) is 52.0 Å². The Bertz CT molecular complexity index is 294. The summed E-state index contributed by atoms with van der Waals surface area (Å²) in [5, 5.41) is 0. The lowest BCUT2D eigenvalue weighted by Gasteiger charge is -2.12. The molecule has 0 radical (unpaired) electrons. The number of aryl methyl sites for hydroxylation is 2. The molecule has 0 aliphatic heterocycles. The number of hydrogen-bond acceptors (Lipinski definition) is 0. The van der Waals surface area contributed by atoms with Gasteiger partial charge in [0.2, 0.25) is 0 Å². The molecule has 0 spiro atoms. The average molecular weight is 232 g/mol. The predicted molar refractivity (Wildman–Crippen MR) is 77.4 cm³/mol. The average Bonchev–Trinajstić information content (AvgIpc) is 2.28. The van der Waals surface area contributed by atoms with E-state index >= 15 is 0 Å². The molecule has 0 aromatic heterocycles. The zero-order valence-electron chi connectivity index (χ0n) is 12.0. The van der Waals surface area contributed by atoms with E-state index in [4.69, 9.17) is 0 Å². The quantitative estimate of drug-likeness (QED) is 0.591. The summed E-state index contributed by atoms with van der Waals surface area (Å²) in [5.41, 5.74) is 2.85. The van der Waals surface area contributed by atoms with E-state index in [1.54, 1.807) is 0 Å². The lowest BCUT2D eigenvalue weighted by molar-refractivity contribution is 0.437. The Labute approximate surface area is 107 Å². The summed E-state index contributed by atoms with van der Waals surface area (Å²) in [7, 11) is 0. The molecule has 1 aromatic carbocycles. The molecule has 96 valence electrons. The molecule has 17 heavy (non-hydrogen) atoms.